The van der Waals surface area contributed by atoms with Gasteiger partial charge in [0, 0.05) is 39.3 Å². The molecular formula is C26H23Cl3N2O2. The number of nitrogens with one attached hydrogen (secondary N) is 1. The lowest BCUT2D eigenvalue weighted by molar-refractivity contribution is -0.121. The predicted octanol–water partition coefficient (Wildman–Crippen LogP) is 6.73. The molecule has 1 saturated heterocycles. The number of carbonyl (C=O) groups is 2. The molecule has 170 valence electrons. The summed E-state index contributed by atoms with van der Waals surface area (Å²) in [6.07, 6.45) is 1.69. The number of piperidine rings is 1. The molecule has 0 spiro atoms. The van der Waals surface area contributed by atoms with Crippen LogP contribution in [0.15, 0.2) is 66.7 Å². The van der Waals surface area contributed by atoms with Gasteiger partial charge < -0.3 is 5.32 Å². The van der Waals surface area contributed by atoms with Crippen LogP contribution in [-0.4, -0.2) is 29.7 Å². The molecule has 0 unspecified atom stereocenters. The Labute approximate surface area is 208 Å². The highest BCUT2D eigenvalue weighted by atomic mass is 35.5. The molecule has 1 heterocycles. The molecule has 33 heavy (non-hydrogen) atoms. The molecule has 0 aliphatic carbocycles. The van der Waals surface area contributed by atoms with Gasteiger partial charge in [0.2, 0.25) is 5.91 Å². The SMILES string of the molecule is O=C(c1ccccc1)c1cc(Cl)ccc1NC(=O)[C@H]1CCCN(Cc2ccc(Cl)cc2Cl)C1. The van der Waals surface area contributed by atoms with Gasteiger partial charge in [0.05, 0.1) is 11.6 Å². The zero-order chi connectivity index (χ0) is 23.4. The first-order valence-electron chi connectivity index (χ1n) is 10.8. The molecule has 4 nitrogen and oxygen atoms in total. The van der Waals surface area contributed by atoms with Gasteiger partial charge in [0.25, 0.3) is 0 Å². The summed E-state index contributed by atoms with van der Waals surface area (Å²) >= 11 is 18.5. The lowest BCUT2D eigenvalue weighted by Crippen LogP contribution is -2.40. The largest absolute Gasteiger partial charge is 0.325 e. The van der Waals surface area contributed by atoms with Crippen molar-refractivity contribution in [3.63, 3.8) is 0 Å². The van der Waals surface area contributed by atoms with E-state index in [1.807, 2.05) is 18.2 Å². The number of ketones is 1. The zero-order valence-corrected chi connectivity index (χ0v) is 20.1. The van der Waals surface area contributed by atoms with Crippen LogP contribution in [0.2, 0.25) is 15.1 Å². The number of halogens is 3. The summed E-state index contributed by atoms with van der Waals surface area (Å²) in [5, 5.41) is 4.64. The minimum absolute atomic E-state index is 0.105. The van der Waals surface area contributed by atoms with Crippen LogP contribution in [0.4, 0.5) is 5.69 Å². The lowest BCUT2D eigenvalue weighted by atomic mass is 9.96. The summed E-state index contributed by atoms with van der Waals surface area (Å²) in [6.45, 7) is 2.15. The molecule has 0 bridgehead atoms. The molecule has 1 aliphatic heterocycles. The zero-order valence-electron chi connectivity index (χ0n) is 17.9. The number of carbonyl (C=O) groups excluding carboxylic acids is 2. The van der Waals surface area contributed by atoms with Gasteiger partial charge in [-0.3, -0.25) is 14.5 Å². The quantitative estimate of drug-likeness (QED) is 0.381. The molecule has 1 fully saturated rings. The number of benzene rings is 3. The molecule has 4 rings (SSSR count). The number of rotatable bonds is 6. The van der Waals surface area contributed by atoms with Crippen molar-refractivity contribution in [3.8, 4) is 0 Å². The van der Waals surface area contributed by atoms with E-state index < -0.39 is 0 Å². The van der Waals surface area contributed by atoms with Crippen molar-refractivity contribution in [2.45, 2.75) is 19.4 Å². The van der Waals surface area contributed by atoms with Crippen LogP contribution in [0.25, 0.3) is 0 Å². The van der Waals surface area contributed by atoms with Gasteiger partial charge in [0.15, 0.2) is 5.78 Å². The Hall–Kier alpha value is -2.37. The van der Waals surface area contributed by atoms with Gasteiger partial charge in [0.1, 0.15) is 0 Å². The van der Waals surface area contributed by atoms with Gasteiger partial charge >= 0.3 is 0 Å². The van der Waals surface area contributed by atoms with Crippen molar-refractivity contribution < 1.29 is 9.59 Å². The fourth-order valence-electron chi connectivity index (χ4n) is 4.10. The molecular weight excluding hydrogens is 479 g/mol. The van der Waals surface area contributed by atoms with E-state index in [9.17, 15) is 9.59 Å². The maximum Gasteiger partial charge on any atom is 0.228 e. The monoisotopic (exact) mass is 500 g/mol. The van der Waals surface area contributed by atoms with Crippen molar-refractivity contribution in [1.29, 1.82) is 0 Å². The van der Waals surface area contributed by atoms with Crippen molar-refractivity contribution in [2.24, 2.45) is 5.92 Å². The van der Waals surface area contributed by atoms with Gasteiger partial charge in [-0.2, -0.15) is 0 Å². The van der Waals surface area contributed by atoms with E-state index in [4.69, 9.17) is 34.8 Å². The lowest BCUT2D eigenvalue weighted by Gasteiger charge is -2.32. The Morgan fingerprint density at radius 3 is 2.42 bits per heavy atom. The van der Waals surface area contributed by atoms with Crippen LogP contribution in [-0.2, 0) is 11.3 Å². The van der Waals surface area contributed by atoms with E-state index in [2.05, 4.69) is 10.2 Å². The fraction of sp³-hybridized carbons (Fsp3) is 0.231. The number of nitrogens with zero attached hydrogens (tertiary/aromatic N) is 1. The van der Waals surface area contributed by atoms with Gasteiger partial charge in [-0.25, -0.2) is 0 Å². The van der Waals surface area contributed by atoms with Crippen LogP contribution >= 0.6 is 34.8 Å². The van der Waals surface area contributed by atoms with Crippen LogP contribution in [0.3, 0.4) is 0 Å². The van der Waals surface area contributed by atoms with Crippen molar-refractivity contribution in [1.82, 2.24) is 4.90 Å². The normalized spacial score (nSPS) is 16.4. The third-order valence-corrected chi connectivity index (χ3v) is 6.63. The van der Waals surface area contributed by atoms with Crippen molar-refractivity contribution >= 4 is 52.2 Å². The Morgan fingerprint density at radius 2 is 1.67 bits per heavy atom. The van der Waals surface area contributed by atoms with E-state index in [0.717, 1.165) is 24.9 Å². The molecule has 7 heteroatoms. The summed E-state index contributed by atoms with van der Waals surface area (Å²) in [6, 6.07) is 19.4. The second kappa shape index (κ2) is 10.7. The van der Waals surface area contributed by atoms with Crippen molar-refractivity contribution in [2.75, 3.05) is 18.4 Å². The Kier molecular flexibility index (Phi) is 7.71. The second-order valence-corrected chi connectivity index (χ2v) is 9.46. The van der Waals surface area contributed by atoms with Crippen LogP contribution in [0, 0.1) is 5.92 Å². The third kappa shape index (κ3) is 5.96. The summed E-state index contributed by atoms with van der Waals surface area (Å²) in [7, 11) is 0. The third-order valence-electron chi connectivity index (χ3n) is 5.81. The highest BCUT2D eigenvalue weighted by molar-refractivity contribution is 6.35. The highest BCUT2D eigenvalue weighted by Crippen LogP contribution is 2.27. The maximum atomic E-state index is 13.1. The van der Waals surface area contributed by atoms with Gasteiger partial charge in [-0.05, 0) is 55.3 Å². The number of anilines is 1. The van der Waals surface area contributed by atoms with E-state index in [1.165, 1.54) is 0 Å². The molecule has 0 aromatic heterocycles. The van der Waals surface area contributed by atoms with Gasteiger partial charge in [-0.15, -0.1) is 0 Å². The summed E-state index contributed by atoms with van der Waals surface area (Å²) in [5.41, 5.74) is 2.37. The summed E-state index contributed by atoms with van der Waals surface area (Å²) in [4.78, 5) is 28.4. The fourth-order valence-corrected chi connectivity index (χ4v) is 4.74. The molecule has 1 amide bonds. The Bertz CT molecular complexity index is 1170. The molecule has 0 saturated carbocycles. The van der Waals surface area contributed by atoms with E-state index in [1.54, 1.807) is 48.5 Å². The predicted molar refractivity (Wildman–Crippen MR) is 134 cm³/mol. The average Bonchev–Trinajstić information content (AvgIpc) is 2.82. The number of hydrogen-bond acceptors (Lipinski definition) is 3. The first-order chi connectivity index (χ1) is 15.9. The summed E-state index contributed by atoms with van der Waals surface area (Å²) in [5.74, 6) is -0.484. The van der Waals surface area contributed by atoms with E-state index in [-0.39, 0.29) is 17.6 Å². The smallest absolute Gasteiger partial charge is 0.228 e. The standard InChI is InChI=1S/C26H23Cl3N2O2/c27-20-10-11-24(22(13-20)25(32)17-5-2-1-3-6-17)30-26(33)19-7-4-12-31(16-19)15-18-8-9-21(28)14-23(18)29/h1-3,5-6,8-11,13-14,19H,4,7,12,15-16H2,(H,30,33)/t19-/m0/s1. The van der Waals surface area contributed by atoms with Crippen molar-refractivity contribution in [3.05, 3.63) is 98.5 Å². The average molecular weight is 502 g/mol. The van der Waals surface area contributed by atoms with Crippen LogP contribution in [0.1, 0.15) is 34.3 Å². The highest BCUT2D eigenvalue weighted by Gasteiger charge is 2.27. The molecule has 0 radical (unpaired) electrons. The van der Waals surface area contributed by atoms with Crippen LogP contribution < -0.4 is 5.32 Å². The maximum absolute atomic E-state index is 13.1. The molecule has 3 aromatic carbocycles. The van der Waals surface area contributed by atoms with Crippen LogP contribution in [0.5, 0.6) is 0 Å². The van der Waals surface area contributed by atoms with Gasteiger partial charge in [-0.1, -0.05) is 71.2 Å². The molecule has 1 N–H and O–H groups in total. The molecule has 3 aromatic rings. The Morgan fingerprint density at radius 1 is 0.939 bits per heavy atom. The second-order valence-electron chi connectivity index (χ2n) is 8.18. The minimum Gasteiger partial charge on any atom is -0.325 e. The first kappa shape index (κ1) is 23.8. The minimum atomic E-state index is -0.194. The number of hydrogen-bond donors (Lipinski definition) is 1. The first-order valence-corrected chi connectivity index (χ1v) is 11.9. The number of amides is 1. The molecule has 1 aliphatic rings. The molecule has 1 atom stereocenters. The number of likely N-dealkylation sites (tertiary alicyclic amines) is 1. The van der Waals surface area contributed by atoms with E-state index >= 15 is 0 Å². The summed E-state index contributed by atoms with van der Waals surface area (Å²) < 4.78 is 0. The Balaban J connectivity index is 1.47. The van der Waals surface area contributed by atoms with E-state index in [0.29, 0.717) is 45.0 Å². The topological polar surface area (TPSA) is 49.4 Å².